The van der Waals surface area contributed by atoms with Gasteiger partial charge in [0.2, 0.25) is 5.82 Å². The van der Waals surface area contributed by atoms with Gasteiger partial charge in [0.1, 0.15) is 0 Å². The molecule has 1 aromatic carbocycles. The summed E-state index contributed by atoms with van der Waals surface area (Å²) < 4.78 is 25.6. The summed E-state index contributed by atoms with van der Waals surface area (Å²) in [6.45, 7) is 4.01. The Morgan fingerprint density at radius 3 is 2.70 bits per heavy atom. The predicted molar refractivity (Wildman–Crippen MR) is 86.2 cm³/mol. The van der Waals surface area contributed by atoms with E-state index in [1.807, 2.05) is 6.07 Å². The fourth-order valence-corrected chi connectivity index (χ4v) is 3.68. The standard InChI is InChI=1S/C19H25FO3/c1-3-4-13-5-8-15(9-6-13)22-16-10-7-14-11-12(2)19(21)23-18(14)17(16)20/h7,10,12-13,15H,3-6,8-9,11H2,1-2H3. The van der Waals surface area contributed by atoms with Crippen molar-refractivity contribution in [1.82, 2.24) is 0 Å². The number of carbonyl (C=O) groups excluding carboxylic acids is 1. The molecule has 1 unspecified atom stereocenters. The van der Waals surface area contributed by atoms with Crippen molar-refractivity contribution in [2.75, 3.05) is 0 Å². The smallest absolute Gasteiger partial charge is 0.314 e. The molecule has 1 heterocycles. The Balaban J connectivity index is 1.68. The Labute approximate surface area is 137 Å². The van der Waals surface area contributed by atoms with E-state index in [-0.39, 0.29) is 29.5 Å². The molecule has 0 radical (unpaired) electrons. The van der Waals surface area contributed by atoms with E-state index in [0.717, 1.165) is 37.2 Å². The van der Waals surface area contributed by atoms with Crippen molar-refractivity contribution in [3.8, 4) is 11.5 Å². The normalized spacial score (nSPS) is 27.3. The molecule has 126 valence electrons. The van der Waals surface area contributed by atoms with Crippen molar-refractivity contribution in [2.45, 2.75) is 64.9 Å². The molecule has 0 amide bonds. The topological polar surface area (TPSA) is 35.5 Å². The zero-order chi connectivity index (χ0) is 16.4. The molecule has 4 heteroatoms. The molecule has 1 aliphatic heterocycles. The molecule has 0 N–H and O–H groups in total. The molecular weight excluding hydrogens is 295 g/mol. The lowest BCUT2D eigenvalue weighted by molar-refractivity contribution is -0.139. The SMILES string of the molecule is CCCC1CCC(Oc2ccc3c(c2F)OC(=O)C(C)C3)CC1. The van der Waals surface area contributed by atoms with Gasteiger partial charge >= 0.3 is 5.97 Å². The van der Waals surface area contributed by atoms with Crippen LogP contribution < -0.4 is 9.47 Å². The summed E-state index contributed by atoms with van der Waals surface area (Å²) in [5.74, 6) is -0.0550. The highest BCUT2D eigenvalue weighted by Gasteiger charge is 2.30. The van der Waals surface area contributed by atoms with Crippen molar-refractivity contribution in [2.24, 2.45) is 11.8 Å². The van der Waals surface area contributed by atoms with Gasteiger partial charge in [-0.05, 0) is 49.7 Å². The summed E-state index contributed by atoms with van der Waals surface area (Å²) in [7, 11) is 0. The molecule has 1 aromatic rings. The van der Waals surface area contributed by atoms with Gasteiger partial charge in [-0.3, -0.25) is 4.79 Å². The van der Waals surface area contributed by atoms with Gasteiger partial charge in [0.25, 0.3) is 0 Å². The maximum atomic E-state index is 14.6. The minimum atomic E-state index is -0.529. The molecule has 3 rings (SSSR count). The van der Waals surface area contributed by atoms with Crippen LogP contribution in [0.2, 0.25) is 0 Å². The Hall–Kier alpha value is -1.58. The van der Waals surface area contributed by atoms with Crippen LogP contribution in [0.15, 0.2) is 12.1 Å². The summed E-state index contributed by atoms with van der Waals surface area (Å²) >= 11 is 0. The van der Waals surface area contributed by atoms with Crippen molar-refractivity contribution in [3.63, 3.8) is 0 Å². The number of carbonyl (C=O) groups is 1. The highest BCUT2D eigenvalue weighted by atomic mass is 19.1. The van der Waals surface area contributed by atoms with Crippen LogP contribution in [0.5, 0.6) is 11.5 Å². The number of hydrogen-bond donors (Lipinski definition) is 0. The monoisotopic (exact) mass is 320 g/mol. The van der Waals surface area contributed by atoms with E-state index in [1.54, 1.807) is 13.0 Å². The second-order valence-electron chi connectivity index (χ2n) is 6.94. The number of rotatable bonds is 4. The highest BCUT2D eigenvalue weighted by Crippen LogP contribution is 2.37. The maximum Gasteiger partial charge on any atom is 0.314 e. The van der Waals surface area contributed by atoms with E-state index in [1.165, 1.54) is 12.8 Å². The lowest BCUT2D eigenvalue weighted by atomic mass is 9.85. The summed E-state index contributed by atoms with van der Waals surface area (Å²) in [6.07, 6.45) is 7.32. The molecule has 1 atom stereocenters. The van der Waals surface area contributed by atoms with Crippen molar-refractivity contribution >= 4 is 5.97 Å². The first-order valence-corrected chi connectivity index (χ1v) is 8.78. The van der Waals surface area contributed by atoms with Gasteiger partial charge in [-0.25, -0.2) is 0 Å². The van der Waals surface area contributed by atoms with Gasteiger partial charge in [-0.15, -0.1) is 0 Å². The van der Waals surface area contributed by atoms with Crippen LogP contribution in [0.1, 0.15) is 57.9 Å². The Bertz CT molecular complexity index is 576. The molecule has 3 nitrogen and oxygen atoms in total. The van der Waals surface area contributed by atoms with Gasteiger partial charge in [0.05, 0.1) is 12.0 Å². The van der Waals surface area contributed by atoms with Gasteiger partial charge in [-0.1, -0.05) is 32.8 Å². The van der Waals surface area contributed by atoms with Crippen LogP contribution in [-0.2, 0) is 11.2 Å². The molecule has 1 fully saturated rings. The second kappa shape index (κ2) is 6.90. The molecule has 1 saturated carbocycles. The van der Waals surface area contributed by atoms with Gasteiger partial charge in [-0.2, -0.15) is 4.39 Å². The van der Waals surface area contributed by atoms with Gasteiger partial charge in [0.15, 0.2) is 11.5 Å². The zero-order valence-corrected chi connectivity index (χ0v) is 13.9. The summed E-state index contributed by atoms with van der Waals surface area (Å²) in [5, 5.41) is 0. The maximum absolute atomic E-state index is 14.6. The third kappa shape index (κ3) is 3.51. The average molecular weight is 320 g/mol. The average Bonchev–Trinajstić information content (AvgIpc) is 2.54. The van der Waals surface area contributed by atoms with E-state index in [4.69, 9.17) is 9.47 Å². The van der Waals surface area contributed by atoms with Crippen LogP contribution in [0.25, 0.3) is 0 Å². The summed E-state index contributed by atoms with van der Waals surface area (Å²) in [5.41, 5.74) is 0.744. The molecule has 0 aromatic heterocycles. The molecule has 1 aliphatic carbocycles. The largest absolute Gasteiger partial charge is 0.487 e. The number of ether oxygens (including phenoxy) is 2. The van der Waals surface area contributed by atoms with Crippen molar-refractivity contribution < 1.29 is 18.7 Å². The molecule has 0 bridgehead atoms. The van der Waals surface area contributed by atoms with E-state index < -0.39 is 5.82 Å². The van der Waals surface area contributed by atoms with Crippen molar-refractivity contribution in [3.05, 3.63) is 23.5 Å². The molecular formula is C19H25FO3. The molecule has 23 heavy (non-hydrogen) atoms. The Morgan fingerprint density at radius 2 is 2.00 bits per heavy atom. The van der Waals surface area contributed by atoms with E-state index in [0.29, 0.717) is 6.42 Å². The fourth-order valence-electron chi connectivity index (χ4n) is 3.68. The van der Waals surface area contributed by atoms with Crippen LogP contribution in [0, 0.1) is 17.7 Å². The second-order valence-corrected chi connectivity index (χ2v) is 6.94. The lowest BCUT2D eigenvalue weighted by Gasteiger charge is -2.29. The number of fused-ring (bicyclic) bond motifs is 1. The van der Waals surface area contributed by atoms with E-state index in [2.05, 4.69) is 6.92 Å². The van der Waals surface area contributed by atoms with Crippen LogP contribution in [-0.4, -0.2) is 12.1 Å². The van der Waals surface area contributed by atoms with E-state index >= 15 is 0 Å². The summed E-state index contributed by atoms with van der Waals surface area (Å²) in [6, 6.07) is 3.50. The third-order valence-electron chi connectivity index (χ3n) is 5.06. The van der Waals surface area contributed by atoms with E-state index in [9.17, 15) is 9.18 Å². The van der Waals surface area contributed by atoms with Gasteiger partial charge in [0, 0.05) is 0 Å². The Kier molecular flexibility index (Phi) is 4.88. The minimum absolute atomic E-state index is 0.0604. The lowest BCUT2D eigenvalue weighted by Crippen LogP contribution is -2.27. The van der Waals surface area contributed by atoms with Crippen molar-refractivity contribution in [1.29, 1.82) is 0 Å². The quantitative estimate of drug-likeness (QED) is 0.598. The third-order valence-corrected chi connectivity index (χ3v) is 5.06. The molecule has 0 saturated heterocycles. The Morgan fingerprint density at radius 1 is 1.26 bits per heavy atom. The first kappa shape index (κ1) is 16.3. The number of esters is 1. The zero-order valence-electron chi connectivity index (χ0n) is 13.9. The highest BCUT2D eigenvalue weighted by molar-refractivity contribution is 5.78. The first-order chi connectivity index (χ1) is 11.1. The fraction of sp³-hybridized carbons (Fsp3) is 0.632. The number of halogens is 1. The number of hydrogen-bond acceptors (Lipinski definition) is 3. The minimum Gasteiger partial charge on any atom is -0.487 e. The van der Waals surface area contributed by atoms with Crippen LogP contribution >= 0.6 is 0 Å². The first-order valence-electron chi connectivity index (χ1n) is 8.78. The van der Waals surface area contributed by atoms with Gasteiger partial charge < -0.3 is 9.47 Å². The van der Waals surface area contributed by atoms with Crippen LogP contribution in [0.3, 0.4) is 0 Å². The molecule has 2 aliphatic rings. The predicted octanol–water partition coefficient (Wildman–Crippen LogP) is 4.66. The van der Waals surface area contributed by atoms with Crippen LogP contribution in [0.4, 0.5) is 4.39 Å². The molecule has 0 spiro atoms. The number of benzene rings is 1. The summed E-state index contributed by atoms with van der Waals surface area (Å²) in [4.78, 5) is 11.7.